The zero-order valence-electron chi connectivity index (χ0n) is 35.8. The fourth-order valence-corrected chi connectivity index (χ4v) is 6.73. The molecule has 0 aromatic heterocycles. The molecule has 322 valence electrons. The first kappa shape index (κ1) is 52.2. The van der Waals surface area contributed by atoms with Crippen molar-refractivity contribution in [2.24, 2.45) is 28.3 Å². The number of guanidine groups is 1. The predicted octanol–water partition coefficient (Wildman–Crippen LogP) is 9.61. The molecule has 0 aliphatic heterocycles. The Labute approximate surface area is 336 Å². The van der Waals surface area contributed by atoms with E-state index in [0.717, 1.165) is 141 Å². The van der Waals surface area contributed by atoms with Gasteiger partial charge >= 0.3 is 17.9 Å². The number of ether oxygens (including phenoxy) is 3. The van der Waals surface area contributed by atoms with Gasteiger partial charge in [0.15, 0.2) is 5.96 Å². The maximum atomic E-state index is 12.9. The third kappa shape index (κ3) is 32.0. The second-order valence-electron chi connectivity index (χ2n) is 15.4. The normalized spacial score (nSPS) is 12.7. The lowest BCUT2D eigenvalue weighted by Crippen LogP contribution is -2.42. The minimum atomic E-state index is -0.811. The Balaban J connectivity index is 4.30. The van der Waals surface area contributed by atoms with Crippen LogP contribution in [0, 0.1) is 11.8 Å². The van der Waals surface area contributed by atoms with Crippen molar-refractivity contribution in [2.75, 3.05) is 26.4 Å². The molecule has 11 heteroatoms. The van der Waals surface area contributed by atoms with Crippen LogP contribution in [0.1, 0.15) is 207 Å². The molecule has 0 radical (unpaired) electrons. The summed E-state index contributed by atoms with van der Waals surface area (Å²) >= 11 is 0. The number of nitrogens with two attached hydrogens (primary N) is 2. The van der Waals surface area contributed by atoms with E-state index in [4.69, 9.17) is 25.7 Å². The van der Waals surface area contributed by atoms with Crippen LogP contribution in [0.4, 0.5) is 0 Å². The lowest BCUT2D eigenvalue weighted by molar-refractivity contribution is -0.150. The summed E-state index contributed by atoms with van der Waals surface area (Å²) in [7, 11) is 0. The van der Waals surface area contributed by atoms with E-state index in [0.29, 0.717) is 26.1 Å². The molecule has 0 aromatic rings. The first-order valence-electron chi connectivity index (χ1n) is 22.5. The summed E-state index contributed by atoms with van der Waals surface area (Å²) in [6.07, 6.45) is 26.6. The molecule has 0 aliphatic carbocycles. The fourth-order valence-electron chi connectivity index (χ4n) is 6.73. The van der Waals surface area contributed by atoms with Crippen LogP contribution in [0.5, 0.6) is 0 Å². The van der Waals surface area contributed by atoms with Crippen LogP contribution in [0.15, 0.2) is 4.99 Å². The van der Waals surface area contributed by atoms with Gasteiger partial charge in [-0.05, 0) is 57.8 Å². The minimum Gasteiger partial charge on any atom is -0.465 e. The standard InChI is InChI=1S/C44H84N4O7/c1-5-9-12-22-30-38(29-21-11-7-3)42(51)54-35-25-19-15-16-23-31-40(49)48-39(32-33-47-44(45)46)43(52)55-36-26-18-14-13-17-24-34-53-41(50)37(27-8-4)28-20-10-6-2/h37-39H,5-36H2,1-4H3,(H,48,49)(H4,45,46,47). The number of esters is 3. The molecule has 0 bridgehead atoms. The van der Waals surface area contributed by atoms with E-state index < -0.39 is 12.0 Å². The van der Waals surface area contributed by atoms with Crippen molar-refractivity contribution in [3.05, 3.63) is 0 Å². The van der Waals surface area contributed by atoms with Crippen LogP contribution in [0.2, 0.25) is 0 Å². The van der Waals surface area contributed by atoms with Crippen molar-refractivity contribution in [1.29, 1.82) is 0 Å². The predicted molar refractivity (Wildman–Crippen MR) is 224 cm³/mol. The molecular formula is C44H84N4O7. The zero-order chi connectivity index (χ0) is 40.8. The van der Waals surface area contributed by atoms with Gasteiger partial charge in [0, 0.05) is 13.0 Å². The van der Waals surface area contributed by atoms with Crippen LogP contribution < -0.4 is 16.8 Å². The van der Waals surface area contributed by atoms with E-state index in [1.54, 1.807) is 0 Å². The monoisotopic (exact) mass is 781 g/mol. The van der Waals surface area contributed by atoms with E-state index >= 15 is 0 Å². The van der Waals surface area contributed by atoms with Crippen molar-refractivity contribution in [1.82, 2.24) is 5.32 Å². The van der Waals surface area contributed by atoms with Crippen LogP contribution in [0.3, 0.4) is 0 Å². The number of amides is 1. The van der Waals surface area contributed by atoms with Crippen LogP contribution in [-0.2, 0) is 33.4 Å². The number of aliphatic imine (C=N–C) groups is 1. The third-order valence-electron chi connectivity index (χ3n) is 10.2. The third-order valence-corrected chi connectivity index (χ3v) is 10.2. The van der Waals surface area contributed by atoms with Crippen molar-refractivity contribution in [3.8, 4) is 0 Å². The molecule has 5 N–H and O–H groups in total. The average Bonchev–Trinajstić information content (AvgIpc) is 3.16. The molecule has 1 amide bonds. The lowest BCUT2D eigenvalue weighted by atomic mass is 9.95. The van der Waals surface area contributed by atoms with Crippen molar-refractivity contribution < 1.29 is 33.4 Å². The first-order chi connectivity index (χ1) is 26.7. The largest absolute Gasteiger partial charge is 0.465 e. The van der Waals surface area contributed by atoms with Gasteiger partial charge in [-0.1, -0.05) is 143 Å². The SMILES string of the molecule is CCCCCCC(CCCCC)C(=O)OCCCCCCCC(=O)NC(CCN=C(N)N)C(=O)OCCCCCCCCOC(=O)C(CCC)CCCCC. The Morgan fingerprint density at radius 1 is 0.473 bits per heavy atom. The number of hydrogen-bond acceptors (Lipinski definition) is 8. The second-order valence-corrected chi connectivity index (χ2v) is 15.4. The second kappa shape index (κ2) is 38.0. The van der Waals surface area contributed by atoms with Gasteiger partial charge < -0.3 is 31.0 Å². The summed E-state index contributed by atoms with van der Waals surface area (Å²) in [4.78, 5) is 54.7. The Bertz CT molecular complexity index is 989. The maximum Gasteiger partial charge on any atom is 0.328 e. The molecule has 0 aliphatic rings. The molecular weight excluding hydrogens is 697 g/mol. The highest BCUT2D eigenvalue weighted by molar-refractivity contribution is 5.84. The molecule has 0 rings (SSSR count). The number of unbranched alkanes of at least 4 members (excludes halogenated alkanes) is 16. The first-order valence-corrected chi connectivity index (χ1v) is 22.5. The van der Waals surface area contributed by atoms with E-state index in [1.807, 2.05) is 0 Å². The molecule has 0 saturated heterocycles. The van der Waals surface area contributed by atoms with Gasteiger partial charge in [0.05, 0.1) is 31.7 Å². The molecule has 11 nitrogen and oxygen atoms in total. The van der Waals surface area contributed by atoms with Crippen molar-refractivity contribution >= 4 is 29.8 Å². The molecule has 0 aromatic carbocycles. The Morgan fingerprint density at radius 2 is 0.873 bits per heavy atom. The molecule has 3 unspecified atom stereocenters. The van der Waals surface area contributed by atoms with Gasteiger partial charge in [0.1, 0.15) is 6.04 Å². The lowest BCUT2D eigenvalue weighted by Gasteiger charge is -2.17. The number of nitrogens with one attached hydrogen (secondary N) is 1. The van der Waals surface area contributed by atoms with Crippen LogP contribution in [-0.4, -0.2) is 62.2 Å². The minimum absolute atomic E-state index is 0.0254. The average molecular weight is 781 g/mol. The quantitative estimate of drug-likeness (QED) is 0.0181. The van der Waals surface area contributed by atoms with Crippen LogP contribution >= 0.6 is 0 Å². The highest BCUT2D eigenvalue weighted by Gasteiger charge is 2.22. The van der Waals surface area contributed by atoms with Gasteiger partial charge in [-0.25, -0.2) is 4.79 Å². The number of carbonyl (C=O) groups is 4. The smallest absolute Gasteiger partial charge is 0.328 e. The summed E-state index contributed by atoms with van der Waals surface area (Å²) < 4.78 is 16.7. The number of nitrogens with zero attached hydrogens (tertiary/aromatic N) is 1. The molecule has 55 heavy (non-hydrogen) atoms. The maximum absolute atomic E-state index is 12.9. The summed E-state index contributed by atoms with van der Waals surface area (Å²) in [5.74, 6) is -0.746. The highest BCUT2D eigenvalue weighted by atomic mass is 16.5. The van der Waals surface area contributed by atoms with Crippen molar-refractivity contribution in [3.63, 3.8) is 0 Å². The number of rotatable bonds is 39. The molecule has 0 spiro atoms. The summed E-state index contributed by atoms with van der Waals surface area (Å²) in [6, 6.07) is -0.811. The highest BCUT2D eigenvalue weighted by Crippen LogP contribution is 2.21. The number of hydrogen-bond donors (Lipinski definition) is 3. The molecule has 0 fully saturated rings. The van der Waals surface area contributed by atoms with Gasteiger partial charge in [0.2, 0.25) is 5.91 Å². The summed E-state index contributed by atoms with van der Waals surface area (Å²) in [5, 5.41) is 2.82. The number of carbonyl (C=O) groups excluding carboxylic acids is 4. The molecule has 0 heterocycles. The van der Waals surface area contributed by atoms with Gasteiger partial charge in [0.25, 0.3) is 0 Å². The Morgan fingerprint density at radius 3 is 1.35 bits per heavy atom. The van der Waals surface area contributed by atoms with E-state index in [-0.39, 0.29) is 55.2 Å². The van der Waals surface area contributed by atoms with E-state index in [2.05, 4.69) is 38.0 Å². The Kier molecular flexibility index (Phi) is 36.1. The Hall–Kier alpha value is -2.85. The topological polar surface area (TPSA) is 172 Å². The van der Waals surface area contributed by atoms with Gasteiger partial charge in [-0.3, -0.25) is 19.4 Å². The molecule has 0 saturated carbocycles. The van der Waals surface area contributed by atoms with E-state index in [9.17, 15) is 19.2 Å². The van der Waals surface area contributed by atoms with Crippen molar-refractivity contribution in [2.45, 2.75) is 214 Å². The summed E-state index contributed by atoms with van der Waals surface area (Å²) in [6.45, 7) is 10.1. The summed E-state index contributed by atoms with van der Waals surface area (Å²) in [5.41, 5.74) is 10.9. The van der Waals surface area contributed by atoms with E-state index in [1.165, 1.54) is 19.3 Å². The fraction of sp³-hybridized carbons (Fsp3) is 0.886. The van der Waals surface area contributed by atoms with Gasteiger partial charge in [-0.2, -0.15) is 0 Å². The van der Waals surface area contributed by atoms with Crippen LogP contribution in [0.25, 0.3) is 0 Å². The van der Waals surface area contributed by atoms with Gasteiger partial charge in [-0.15, -0.1) is 0 Å². The molecule has 3 atom stereocenters. The zero-order valence-corrected chi connectivity index (χ0v) is 35.8.